The van der Waals surface area contributed by atoms with Crippen molar-refractivity contribution in [3.8, 4) is 0 Å². The molecule has 1 amide bonds. The summed E-state index contributed by atoms with van der Waals surface area (Å²) in [4.78, 5) is 16.7. The largest absolute Gasteiger partial charge is 0.348 e. The smallest absolute Gasteiger partial charge is 0.270 e. The molecule has 3 nitrogen and oxygen atoms in total. The average molecular weight is 427 g/mol. The minimum atomic E-state index is -0.408. The number of aromatic nitrogens is 1. The zero-order valence-electron chi connectivity index (χ0n) is 19.4. The van der Waals surface area contributed by atoms with Crippen molar-refractivity contribution in [1.82, 2.24) is 10.3 Å². The van der Waals surface area contributed by atoms with E-state index in [1.807, 2.05) is 0 Å². The lowest BCUT2D eigenvalue weighted by atomic mass is 9.49. The zero-order chi connectivity index (χ0) is 21.8. The van der Waals surface area contributed by atoms with Gasteiger partial charge in [-0.3, -0.25) is 4.79 Å². The van der Waals surface area contributed by atoms with Crippen LogP contribution in [0.5, 0.6) is 0 Å². The zero-order valence-corrected chi connectivity index (χ0v) is 19.4. The van der Waals surface area contributed by atoms with E-state index in [1.54, 1.807) is 0 Å². The summed E-state index contributed by atoms with van der Waals surface area (Å²) in [6, 6.07) is 2.91. The number of pyridine rings is 1. The van der Waals surface area contributed by atoms with Crippen molar-refractivity contribution in [2.75, 3.05) is 0 Å². The Morgan fingerprint density at radius 3 is 2.68 bits per heavy atom. The molecule has 1 aromatic heterocycles. The van der Waals surface area contributed by atoms with E-state index in [0.717, 1.165) is 41.7 Å². The lowest BCUT2D eigenvalue weighted by Gasteiger charge is -2.56. The summed E-state index contributed by atoms with van der Waals surface area (Å²) >= 11 is 0. The summed E-state index contributed by atoms with van der Waals surface area (Å²) in [6.45, 7) is 7.16. The van der Waals surface area contributed by atoms with Crippen molar-refractivity contribution in [3.05, 3.63) is 29.8 Å². The highest BCUT2D eigenvalue weighted by Crippen LogP contribution is 2.64. The van der Waals surface area contributed by atoms with E-state index in [9.17, 15) is 9.18 Å². The third kappa shape index (κ3) is 3.72. The number of rotatable bonds is 3. The predicted molar refractivity (Wildman–Crippen MR) is 121 cm³/mol. The topological polar surface area (TPSA) is 42.0 Å². The van der Waals surface area contributed by atoms with Crippen molar-refractivity contribution in [2.24, 2.45) is 46.8 Å². The number of hydrogen-bond acceptors (Lipinski definition) is 2. The van der Waals surface area contributed by atoms with Gasteiger partial charge in [-0.1, -0.05) is 20.3 Å². The lowest BCUT2D eigenvalue weighted by Crippen LogP contribution is -2.51. The fourth-order valence-electron chi connectivity index (χ4n) is 8.84. The molecule has 31 heavy (non-hydrogen) atoms. The van der Waals surface area contributed by atoms with Crippen molar-refractivity contribution < 1.29 is 9.18 Å². The summed E-state index contributed by atoms with van der Waals surface area (Å²) in [7, 11) is 0. The average Bonchev–Trinajstić information content (AvgIpc) is 3.11. The van der Waals surface area contributed by atoms with E-state index in [-0.39, 0.29) is 11.9 Å². The van der Waals surface area contributed by atoms with Gasteiger partial charge >= 0.3 is 0 Å². The van der Waals surface area contributed by atoms with Gasteiger partial charge in [0.2, 0.25) is 0 Å². The van der Waals surface area contributed by atoms with Gasteiger partial charge in [0.05, 0.1) is 6.20 Å². The maximum atomic E-state index is 13.2. The van der Waals surface area contributed by atoms with E-state index in [1.165, 1.54) is 69.9 Å². The first kappa shape index (κ1) is 21.4. The van der Waals surface area contributed by atoms with E-state index < -0.39 is 5.82 Å². The van der Waals surface area contributed by atoms with E-state index in [4.69, 9.17) is 0 Å². The van der Waals surface area contributed by atoms with Gasteiger partial charge in [-0.05, 0) is 117 Å². The highest BCUT2D eigenvalue weighted by molar-refractivity contribution is 5.92. The maximum absolute atomic E-state index is 13.2. The van der Waals surface area contributed by atoms with Crippen LogP contribution < -0.4 is 5.32 Å². The molecule has 1 heterocycles. The molecule has 4 aliphatic rings. The second kappa shape index (κ2) is 8.15. The van der Waals surface area contributed by atoms with E-state index in [2.05, 4.69) is 31.1 Å². The Morgan fingerprint density at radius 2 is 1.90 bits per heavy atom. The van der Waals surface area contributed by atoms with Gasteiger partial charge in [0.15, 0.2) is 0 Å². The molecule has 4 heteroatoms. The molecule has 0 saturated heterocycles. The fourth-order valence-corrected chi connectivity index (χ4v) is 8.84. The molecule has 0 bridgehead atoms. The van der Waals surface area contributed by atoms with Gasteiger partial charge in [0.1, 0.15) is 11.5 Å². The monoisotopic (exact) mass is 426 g/mol. The van der Waals surface area contributed by atoms with Crippen molar-refractivity contribution in [2.45, 2.75) is 84.6 Å². The second-order valence-corrected chi connectivity index (χ2v) is 11.7. The molecule has 1 aromatic rings. The quantitative estimate of drug-likeness (QED) is 0.621. The lowest BCUT2D eigenvalue weighted by molar-refractivity contribution is -0.0698. The molecular formula is C27H39FN2O. The molecule has 1 N–H and O–H groups in total. The number of halogens is 1. The van der Waals surface area contributed by atoms with Crippen LogP contribution in [0.2, 0.25) is 0 Å². The maximum Gasteiger partial charge on any atom is 0.270 e. The van der Waals surface area contributed by atoms with Crippen LogP contribution in [0.3, 0.4) is 0 Å². The van der Waals surface area contributed by atoms with Crippen LogP contribution in [0.25, 0.3) is 0 Å². The molecule has 9 atom stereocenters. The molecule has 0 aliphatic heterocycles. The molecule has 4 saturated carbocycles. The predicted octanol–water partition coefficient (Wildman–Crippen LogP) is 6.24. The van der Waals surface area contributed by atoms with Crippen LogP contribution in [0.1, 0.15) is 89.0 Å². The van der Waals surface area contributed by atoms with Crippen LogP contribution >= 0.6 is 0 Å². The minimum absolute atomic E-state index is 0.123. The fraction of sp³-hybridized carbons (Fsp3) is 0.778. The van der Waals surface area contributed by atoms with Crippen LogP contribution in [0.15, 0.2) is 18.3 Å². The first-order valence-electron chi connectivity index (χ1n) is 12.8. The second-order valence-electron chi connectivity index (χ2n) is 11.7. The summed E-state index contributed by atoms with van der Waals surface area (Å²) in [5.41, 5.74) is 0.639. The first-order valence-corrected chi connectivity index (χ1v) is 12.8. The minimum Gasteiger partial charge on any atom is -0.348 e. The van der Waals surface area contributed by atoms with Crippen LogP contribution in [-0.4, -0.2) is 16.9 Å². The van der Waals surface area contributed by atoms with Gasteiger partial charge < -0.3 is 5.32 Å². The molecule has 4 fully saturated rings. The van der Waals surface area contributed by atoms with E-state index >= 15 is 0 Å². The Labute approximate surface area is 187 Å². The van der Waals surface area contributed by atoms with Gasteiger partial charge in [-0.2, -0.15) is 0 Å². The van der Waals surface area contributed by atoms with Gasteiger partial charge in [-0.25, -0.2) is 9.37 Å². The van der Waals surface area contributed by atoms with Crippen molar-refractivity contribution >= 4 is 5.91 Å². The Kier molecular flexibility index (Phi) is 5.63. The van der Waals surface area contributed by atoms with Gasteiger partial charge in [0, 0.05) is 6.04 Å². The Morgan fingerprint density at radius 1 is 1.10 bits per heavy atom. The molecule has 0 spiro atoms. The molecule has 170 valence electrons. The van der Waals surface area contributed by atoms with Crippen LogP contribution in [-0.2, 0) is 0 Å². The molecular weight excluding hydrogens is 387 g/mol. The summed E-state index contributed by atoms with van der Waals surface area (Å²) in [5.74, 6) is 5.53. The number of hydrogen-bond donors (Lipinski definition) is 1. The summed E-state index contributed by atoms with van der Waals surface area (Å²) < 4.78 is 13.2. The van der Waals surface area contributed by atoms with Crippen LogP contribution in [0, 0.1) is 52.7 Å². The molecule has 4 aliphatic carbocycles. The van der Waals surface area contributed by atoms with Gasteiger partial charge in [0.25, 0.3) is 5.91 Å². The van der Waals surface area contributed by atoms with Crippen molar-refractivity contribution in [3.63, 3.8) is 0 Å². The normalized spacial score (nSPS) is 42.8. The number of nitrogens with zero attached hydrogens (tertiary/aromatic N) is 1. The standard InChI is InChI=1S/C27H39FN2O/c1-16-4-7-20-18(14-16)5-8-22-21(20)12-13-27(3)23(9-10-24(22)27)17(2)30-26(31)25-11-6-19(28)15-29-25/h6,11,15-18,20-24H,4-5,7-10,12-14H2,1-3H3,(H,30,31)/t16-,17+,18+,20-,21?,22+,23?,24?,27+/m0/s1. The Balaban J connectivity index is 1.28. The van der Waals surface area contributed by atoms with E-state index in [0.29, 0.717) is 17.0 Å². The number of carbonyl (C=O) groups is 1. The number of carbonyl (C=O) groups excluding carboxylic acids is 1. The number of fused-ring (bicyclic) bond motifs is 5. The highest BCUT2D eigenvalue weighted by atomic mass is 19.1. The van der Waals surface area contributed by atoms with Crippen LogP contribution in [0.4, 0.5) is 4.39 Å². The summed E-state index contributed by atoms with van der Waals surface area (Å²) in [5, 5.41) is 3.21. The molecule has 0 aromatic carbocycles. The summed E-state index contributed by atoms with van der Waals surface area (Å²) in [6.07, 6.45) is 13.6. The third-order valence-electron chi connectivity index (χ3n) is 10.2. The SMILES string of the molecule is C[C@H]1CC[C@@H]2C3CC[C@@]4(C)C(CCC4[C@@H](C)NC(=O)c4ccc(F)cn4)[C@@H]3CC[C@@H]2C1. The Bertz CT molecular complexity index is 810. The highest BCUT2D eigenvalue weighted by Gasteiger charge is 2.57. The number of nitrogens with one attached hydrogen (secondary N) is 1. The number of amides is 1. The van der Waals surface area contributed by atoms with Gasteiger partial charge in [-0.15, -0.1) is 0 Å². The first-order chi connectivity index (χ1) is 14.9. The Hall–Kier alpha value is -1.45. The molecule has 5 rings (SSSR count). The van der Waals surface area contributed by atoms with Crippen molar-refractivity contribution in [1.29, 1.82) is 0 Å². The third-order valence-corrected chi connectivity index (χ3v) is 10.2. The molecule has 3 unspecified atom stereocenters. The molecule has 0 radical (unpaired) electrons.